The van der Waals surface area contributed by atoms with Crippen LogP contribution >= 0.6 is 0 Å². The Balaban J connectivity index is 4.29. The third kappa shape index (κ3) is 7.74. The number of nitrogens with zero attached hydrogens (tertiary/aromatic N) is 1. The lowest BCUT2D eigenvalue weighted by Crippen LogP contribution is -2.39. The largest absolute Gasteiger partial charge is 0.468 e. The second-order valence-corrected chi connectivity index (χ2v) is 4.88. The molecule has 0 aliphatic carbocycles. The molecular weight excluding hydrogens is 220 g/mol. The average molecular weight is 244 g/mol. The highest BCUT2D eigenvalue weighted by Crippen LogP contribution is 2.09. The van der Waals surface area contributed by atoms with Crippen molar-refractivity contribution in [1.82, 2.24) is 4.90 Å². The van der Waals surface area contributed by atoms with E-state index in [1.54, 1.807) is 0 Å². The predicted molar refractivity (Wildman–Crippen MR) is 66.4 cm³/mol. The molecule has 0 fully saturated rings. The monoisotopic (exact) mass is 244 g/mol. The van der Waals surface area contributed by atoms with Crippen molar-refractivity contribution in [3.05, 3.63) is 0 Å². The Morgan fingerprint density at radius 2 is 1.94 bits per heavy atom. The van der Waals surface area contributed by atoms with Crippen LogP contribution in [0.3, 0.4) is 0 Å². The van der Waals surface area contributed by atoms with E-state index >= 15 is 0 Å². The Bertz CT molecular complexity index is 259. The number of rotatable bonds is 7. The topological polar surface area (TPSA) is 72.6 Å². The summed E-state index contributed by atoms with van der Waals surface area (Å²) in [4.78, 5) is 24.6. The first kappa shape index (κ1) is 15.9. The molecule has 0 unspecified atom stereocenters. The van der Waals surface area contributed by atoms with Crippen LogP contribution in [-0.4, -0.2) is 42.5 Å². The lowest BCUT2D eigenvalue weighted by atomic mass is 10.00. The fourth-order valence-electron chi connectivity index (χ4n) is 1.37. The molecule has 0 saturated carbocycles. The van der Waals surface area contributed by atoms with Crippen LogP contribution in [0.4, 0.5) is 0 Å². The summed E-state index contributed by atoms with van der Waals surface area (Å²) >= 11 is 0. The summed E-state index contributed by atoms with van der Waals surface area (Å²) in [6.45, 7) is 6.31. The Hall–Kier alpha value is -1.10. The van der Waals surface area contributed by atoms with Gasteiger partial charge in [0.1, 0.15) is 6.54 Å². The van der Waals surface area contributed by atoms with E-state index < -0.39 is 0 Å². The van der Waals surface area contributed by atoms with Crippen molar-refractivity contribution in [3.63, 3.8) is 0 Å². The second-order valence-electron chi connectivity index (χ2n) is 4.88. The first-order valence-corrected chi connectivity index (χ1v) is 5.93. The van der Waals surface area contributed by atoms with Crippen molar-refractivity contribution >= 4 is 11.9 Å². The summed E-state index contributed by atoms with van der Waals surface area (Å²) in [6, 6.07) is 0. The van der Waals surface area contributed by atoms with Crippen LogP contribution in [0.1, 0.15) is 40.0 Å². The van der Waals surface area contributed by atoms with Crippen LogP contribution in [0.25, 0.3) is 0 Å². The van der Waals surface area contributed by atoms with Crippen molar-refractivity contribution in [2.45, 2.75) is 45.6 Å². The molecule has 0 aliphatic heterocycles. The predicted octanol–water partition coefficient (Wildman–Crippen LogP) is 0.915. The number of carbonyl (C=O) groups is 2. The van der Waals surface area contributed by atoms with Crippen LogP contribution in [-0.2, 0) is 14.3 Å². The number of ether oxygens (including phenoxy) is 1. The van der Waals surface area contributed by atoms with E-state index in [1.807, 2.05) is 20.8 Å². The highest BCUT2D eigenvalue weighted by molar-refractivity contribution is 5.82. The lowest BCUT2D eigenvalue weighted by molar-refractivity contribution is -0.147. The maximum absolute atomic E-state index is 11.9. The molecule has 0 bridgehead atoms. The average Bonchev–Trinajstić information content (AvgIpc) is 2.24. The highest BCUT2D eigenvalue weighted by Gasteiger charge is 2.19. The first-order chi connectivity index (χ1) is 7.80. The second kappa shape index (κ2) is 7.27. The minimum atomic E-state index is -0.390. The molecule has 2 N–H and O–H groups in total. The van der Waals surface area contributed by atoms with E-state index in [0.29, 0.717) is 19.4 Å². The number of hydrogen-bond acceptors (Lipinski definition) is 4. The number of nitrogens with two attached hydrogens (primary N) is 1. The number of carbonyl (C=O) groups excluding carboxylic acids is 2. The number of amides is 1. The van der Waals surface area contributed by atoms with Gasteiger partial charge < -0.3 is 15.4 Å². The summed E-state index contributed by atoms with van der Waals surface area (Å²) in [5, 5.41) is 0. The molecule has 5 heteroatoms. The molecular formula is C12H24N2O3. The van der Waals surface area contributed by atoms with Gasteiger partial charge in [-0.3, -0.25) is 9.59 Å². The Morgan fingerprint density at radius 3 is 2.35 bits per heavy atom. The van der Waals surface area contributed by atoms with E-state index in [-0.39, 0.29) is 24.0 Å². The summed E-state index contributed by atoms with van der Waals surface area (Å²) < 4.78 is 4.57. The molecule has 0 rings (SSSR count). The zero-order chi connectivity index (χ0) is 13.5. The van der Waals surface area contributed by atoms with Gasteiger partial charge in [-0.05, 0) is 26.7 Å². The minimum absolute atomic E-state index is 0.0220. The Kier molecular flexibility index (Phi) is 6.80. The van der Waals surface area contributed by atoms with Crippen molar-refractivity contribution < 1.29 is 14.3 Å². The molecule has 0 aliphatic rings. The molecule has 0 heterocycles. The molecule has 0 radical (unpaired) electrons. The van der Waals surface area contributed by atoms with Gasteiger partial charge >= 0.3 is 5.97 Å². The molecule has 0 aromatic heterocycles. The fraction of sp³-hybridized carbons (Fsp3) is 0.833. The van der Waals surface area contributed by atoms with Crippen molar-refractivity contribution in [1.29, 1.82) is 0 Å². The van der Waals surface area contributed by atoms with Crippen molar-refractivity contribution in [2.75, 3.05) is 20.2 Å². The van der Waals surface area contributed by atoms with Crippen LogP contribution < -0.4 is 5.73 Å². The summed E-state index contributed by atoms with van der Waals surface area (Å²) in [6.07, 6.45) is 1.78. The van der Waals surface area contributed by atoms with Gasteiger partial charge in [-0.15, -0.1) is 0 Å². The van der Waals surface area contributed by atoms with E-state index in [9.17, 15) is 9.59 Å². The summed E-state index contributed by atoms with van der Waals surface area (Å²) in [7, 11) is 1.32. The number of esters is 1. The fourth-order valence-corrected chi connectivity index (χ4v) is 1.37. The molecule has 1 amide bonds. The van der Waals surface area contributed by atoms with Gasteiger partial charge in [-0.2, -0.15) is 0 Å². The molecule has 0 aromatic rings. The Labute approximate surface area is 103 Å². The van der Waals surface area contributed by atoms with Crippen LogP contribution in [0.2, 0.25) is 0 Å². The molecule has 0 spiro atoms. The quantitative estimate of drug-likeness (QED) is 0.676. The van der Waals surface area contributed by atoms with Crippen molar-refractivity contribution in [2.24, 2.45) is 5.73 Å². The summed E-state index contributed by atoms with van der Waals surface area (Å²) in [5.41, 5.74) is 5.46. The molecule has 0 saturated heterocycles. The molecule has 100 valence electrons. The maximum atomic E-state index is 11.9. The van der Waals surface area contributed by atoms with Gasteiger partial charge in [0.2, 0.25) is 5.91 Å². The third-order valence-corrected chi connectivity index (χ3v) is 2.38. The van der Waals surface area contributed by atoms with E-state index in [4.69, 9.17) is 5.73 Å². The minimum Gasteiger partial charge on any atom is -0.468 e. The standard InChI is InChI=1S/C12H24N2O3/c1-5-8-14(9-11(16)17-4)10(15)6-7-12(2,3)13/h5-9,13H2,1-4H3. The zero-order valence-corrected chi connectivity index (χ0v) is 11.3. The smallest absolute Gasteiger partial charge is 0.325 e. The first-order valence-electron chi connectivity index (χ1n) is 5.93. The van der Waals surface area contributed by atoms with Gasteiger partial charge in [0, 0.05) is 18.5 Å². The van der Waals surface area contributed by atoms with Crippen LogP contribution in [0, 0.1) is 0 Å². The van der Waals surface area contributed by atoms with Gasteiger partial charge in [-0.25, -0.2) is 0 Å². The molecule has 0 atom stereocenters. The highest BCUT2D eigenvalue weighted by atomic mass is 16.5. The zero-order valence-electron chi connectivity index (χ0n) is 11.3. The van der Waals surface area contributed by atoms with Crippen LogP contribution in [0.15, 0.2) is 0 Å². The molecule has 17 heavy (non-hydrogen) atoms. The normalized spacial score (nSPS) is 11.1. The van der Waals surface area contributed by atoms with E-state index in [0.717, 1.165) is 6.42 Å². The molecule has 5 nitrogen and oxygen atoms in total. The van der Waals surface area contributed by atoms with Gasteiger partial charge in [0.05, 0.1) is 7.11 Å². The van der Waals surface area contributed by atoms with Gasteiger partial charge in [0.15, 0.2) is 0 Å². The van der Waals surface area contributed by atoms with Gasteiger partial charge in [0.25, 0.3) is 0 Å². The summed E-state index contributed by atoms with van der Waals surface area (Å²) in [5.74, 6) is -0.436. The molecule has 0 aromatic carbocycles. The van der Waals surface area contributed by atoms with Crippen LogP contribution in [0.5, 0.6) is 0 Å². The lowest BCUT2D eigenvalue weighted by Gasteiger charge is -2.23. The number of methoxy groups -OCH3 is 1. The van der Waals surface area contributed by atoms with E-state index in [1.165, 1.54) is 12.0 Å². The SMILES string of the molecule is CCCN(CC(=O)OC)C(=O)CCC(C)(C)N. The Morgan fingerprint density at radius 1 is 1.35 bits per heavy atom. The van der Waals surface area contributed by atoms with E-state index in [2.05, 4.69) is 4.74 Å². The van der Waals surface area contributed by atoms with Gasteiger partial charge in [-0.1, -0.05) is 6.92 Å². The van der Waals surface area contributed by atoms with Crippen molar-refractivity contribution in [3.8, 4) is 0 Å². The maximum Gasteiger partial charge on any atom is 0.325 e. The number of hydrogen-bond donors (Lipinski definition) is 1. The third-order valence-electron chi connectivity index (χ3n) is 2.38.